The molecule has 2 aromatic heterocycles. The van der Waals surface area contributed by atoms with Crippen LogP contribution >= 0.6 is 11.6 Å². The number of halogens is 1. The predicted octanol–water partition coefficient (Wildman–Crippen LogP) is 3.22. The SMILES string of the molecule is Cc1nc(CN(C)c2ccnc3cc(Cl)ccc23)no1. The van der Waals surface area contributed by atoms with Crippen LogP contribution < -0.4 is 4.90 Å². The number of benzene rings is 1. The minimum Gasteiger partial charge on any atom is -0.366 e. The van der Waals surface area contributed by atoms with Crippen molar-refractivity contribution in [3.8, 4) is 0 Å². The molecule has 3 aromatic rings. The van der Waals surface area contributed by atoms with E-state index in [9.17, 15) is 0 Å². The first kappa shape index (κ1) is 12.9. The number of pyridine rings is 1. The number of aromatic nitrogens is 3. The third kappa shape index (κ3) is 2.44. The second-order valence-corrected chi connectivity index (χ2v) is 5.01. The lowest BCUT2D eigenvalue weighted by atomic mass is 10.1. The molecule has 5 nitrogen and oxygen atoms in total. The topological polar surface area (TPSA) is 55.1 Å². The Kier molecular flexibility index (Phi) is 3.28. The molecule has 0 N–H and O–H groups in total. The Morgan fingerprint density at radius 1 is 1.30 bits per heavy atom. The molecule has 0 saturated heterocycles. The summed E-state index contributed by atoms with van der Waals surface area (Å²) in [5, 5.41) is 5.63. The van der Waals surface area contributed by atoms with E-state index < -0.39 is 0 Å². The molecule has 0 aliphatic heterocycles. The summed E-state index contributed by atoms with van der Waals surface area (Å²) in [7, 11) is 1.98. The van der Waals surface area contributed by atoms with Gasteiger partial charge in [-0.2, -0.15) is 4.98 Å². The zero-order chi connectivity index (χ0) is 14.1. The van der Waals surface area contributed by atoms with Crippen LogP contribution in [0.1, 0.15) is 11.7 Å². The highest BCUT2D eigenvalue weighted by molar-refractivity contribution is 6.31. The fourth-order valence-corrected chi connectivity index (χ4v) is 2.31. The van der Waals surface area contributed by atoms with Crippen LogP contribution in [0.4, 0.5) is 5.69 Å². The fraction of sp³-hybridized carbons (Fsp3) is 0.214. The minimum atomic E-state index is 0.569. The normalized spacial score (nSPS) is 10.9. The van der Waals surface area contributed by atoms with Crippen molar-refractivity contribution in [3.05, 3.63) is 47.2 Å². The number of rotatable bonds is 3. The quantitative estimate of drug-likeness (QED) is 0.741. The van der Waals surface area contributed by atoms with Crippen molar-refractivity contribution in [2.45, 2.75) is 13.5 Å². The Hall–Kier alpha value is -2.14. The van der Waals surface area contributed by atoms with Crippen LogP contribution in [0.2, 0.25) is 5.02 Å². The van der Waals surface area contributed by atoms with Gasteiger partial charge in [0.05, 0.1) is 12.1 Å². The van der Waals surface area contributed by atoms with Crippen LogP contribution in [0.25, 0.3) is 10.9 Å². The van der Waals surface area contributed by atoms with Gasteiger partial charge in [0.2, 0.25) is 5.89 Å². The molecule has 2 heterocycles. The molecule has 6 heteroatoms. The molecule has 0 unspecified atom stereocenters. The maximum atomic E-state index is 6.00. The van der Waals surface area contributed by atoms with Crippen molar-refractivity contribution in [1.29, 1.82) is 0 Å². The summed E-state index contributed by atoms with van der Waals surface area (Å²) in [6.07, 6.45) is 1.77. The average Bonchev–Trinajstić information content (AvgIpc) is 2.83. The zero-order valence-corrected chi connectivity index (χ0v) is 11.9. The number of nitrogens with zero attached hydrogens (tertiary/aromatic N) is 4. The van der Waals surface area contributed by atoms with Gasteiger partial charge in [-0.3, -0.25) is 4.98 Å². The average molecular weight is 289 g/mol. The summed E-state index contributed by atoms with van der Waals surface area (Å²) in [6.45, 7) is 2.35. The third-order valence-corrected chi connectivity index (χ3v) is 3.28. The zero-order valence-electron chi connectivity index (χ0n) is 11.2. The third-order valence-electron chi connectivity index (χ3n) is 3.04. The molecule has 0 spiro atoms. The van der Waals surface area contributed by atoms with Crippen LogP contribution in [0, 0.1) is 6.92 Å². The Morgan fingerprint density at radius 2 is 2.15 bits per heavy atom. The first-order chi connectivity index (χ1) is 9.63. The van der Waals surface area contributed by atoms with Crippen LogP contribution in [0.5, 0.6) is 0 Å². The van der Waals surface area contributed by atoms with Crippen molar-refractivity contribution >= 4 is 28.2 Å². The van der Waals surface area contributed by atoms with Gasteiger partial charge in [-0.1, -0.05) is 16.8 Å². The molecule has 0 amide bonds. The maximum absolute atomic E-state index is 6.00. The van der Waals surface area contributed by atoms with E-state index in [0.29, 0.717) is 23.3 Å². The van der Waals surface area contributed by atoms with Crippen molar-refractivity contribution in [2.24, 2.45) is 0 Å². The molecule has 0 radical (unpaired) electrons. The number of aryl methyl sites for hydroxylation is 1. The highest BCUT2D eigenvalue weighted by Crippen LogP contribution is 2.27. The maximum Gasteiger partial charge on any atom is 0.223 e. The lowest BCUT2D eigenvalue weighted by Crippen LogP contribution is -2.17. The van der Waals surface area contributed by atoms with Gasteiger partial charge in [-0.15, -0.1) is 0 Å². The van der Waals surface area contributed by atoms with Gasteiger partial charge >= 0.3 is 0 Å². The summed E-state index contributed by atoms with van der Waals surface area (Å²) in [5.74, 6) is 1.23. The smallest absolute Gasteiger partial charge is 0.223 e. The van der Waals surface area contributed by atoms with E-state index in [2.05, 4.69) is 20.0 Å². The van der Waals surface area contributed by atoms with Gasteiger partial charge in [-0.25, -0.2) is 0 Å². The monoisotopic (exact) mass is 288 g/mol. The van der Waals surface area contributed by atoms with Gasteiger partial charge < -0.3 is 9.42 Å². The molecule has 0 aliphatic rings. The van der Waals surface area contributed by atoms with Crippen LogP contribution in [-0.2, 0) is 6.54 Å². The van der Waals surface area contributed by atoms with Gasteiger partial charge in [-0.05, 0) is 24.3 Å². The highest BCUT2D eigenvalue weighted by atomic mass is 35.5. The molecule has 102 valence electrons. The fourth-order valence-electron chi connectivity index (χ4n) is 2.14. The van der Waals surface area contributed by atoms with Gasteiger partial charge in [0.15, 0.2) is 5.82 Å². The standard InChI is InChI=1S/C14H13ClN4O/c1-9-17-14(18-20-9)8-19(2)13-5-6-16-12-7-10(15)3-4-11(12)13/h3-7H,8H2,1-2H3. The van der Waals surface area contributed by atoms with E-state index in [4.69, 9.17) is 16.1 Å². The number of anilines is 1. The van der Waals surface area contributed by atoms with E-state index in [-0.39, 0.29) is 0 Å². The molecule has 0 fully saturated rings. The highest BCUT2D eigenvalue weighted by Gasteiger charge is 2.10. The second-order valence-electron chi connectivity index (χ2n) is 4.58. The molecule has 3 rings (SSSR count). The Bertz CT molecular complexity index is 756. The summed E-state index contributed by atoms with van der Waals surface area (Å²) in [5.41, 5.74) is 1.92. The number of hydrogen-bond acceptors (Lipinski definition) is 5. The molecule has 0 saturated carbocycles. The Balaban J connectivity index is 1.96. The van der Waals surface area contributed by atoms with Crippen LogP contribution in [-0.4, -0.2) is 22.2 Å². The van der Waals surface area contributed by atoms with E-state index in [1.807, 2.05) is 31.3 Å². The first-order valence-electron chi connectivity index (χ1n) is 6.18. The molecule has 20 heavy (non-hydrogen) atoms. The second kappa shape index (κ2) is 5.09. The summed E-state index contributed by atoms with van der Waals surface area (Å²) < 4.78 is 4.99. The Morgan fingerprint density at radius 3 is 2.90 bits per heavy atom. The number of hydrogen-bond donors (Lipinski definition) is 0. The molecule has 0 atom stereocenters. The van der Waals surface area contributed by atoms with Crippen LogP contribution in [0.3, 0.4) is 0 Å². The number of fused-ring (bicyclic) bond motifs is 1. The van der Waals surface area contributed by atoms with Crippen molar-refractivity contribution in [1.82, 2.24) is 15.1 Å². The molecular weight excluding hydrogens is 276 g/mol. The van der Waals surface area contributed by atoms with Gasteiger partial charge in [0.1, 0.15) is 0 Å². The van der Waals surface area contributed by atoms with Crippen LogP contribution in [0.15, 0.2) is 35.0 Å². The van der Waals surface area contributed by atoms with E-state index in [1.54, 1.807) is 13.1 Å². The minimum absolute atomic E-state index is 0.569. The van der Waals surface area contributed by atoms with Gasteiger partial charge in [0.25, 0.3) is 0 Å². The predicted molar refractivity (Wildman–Crippen MR) is 77.9 cm³/mol. The molecule has 0 aliphatic carbocycles. The molecule has 0 bridgehead atoms. The lowest BCUT2D eigenvalue weighted by Gasteiger charge is -2.19. The van der Waals surface area contributed by atoms with E-state index in [1.165, 1.54) is 0 Å². The van der Waals surface area contributed by atoms with Crippen molar-refractivity contribution in [2.75, 3.05) is 11.9 Å². The lowest BCUT2D eigenvalue weighted by molar-refractivity contribution is 0.387. The van der Waals surface area contributed by atoms with Crippen molar-refractivity contribution in [3.63, 3.8) is 0 Å². The summed E-state index contributed by atoms with van der Waals surface area (Å²) in [6, 6.07) is 7.65. The largest absolute Gasteiger partial charge is 0.366 e. The van der Waals surface area contributed by atoms with E-state index in [0.717, 1.165) is 16.6 Å². The van der Waals surface area contributed by atoms with Gasteiger partial charge in [0, 0.05) is 36.3 Å². The van der Waals surface area contributed by atoms with Crippen molar-refractivity contribution < 1.29 is 4.52 Å². The molecule has 1 aromatic carbocycles. The van der Waals surface area contributed by atoms with E-state index >= 15 is 0 Å². The Labute approximate surface area is 121 Å². The first-order valence-corrected chi connectivity index (χ1v) is 6.56. The molecular formula is C14H13ClN4O. The summed E-state index contributed by atoms with van der Waals surface area (Å²) >= 11 is 6.00. The summed E-state index contributed by atoms with van der Waals surface area (Å²) in [4.78, 5) is 10.6.